The third-order valence-electron chi connectivity index (χ3n) is 2.97. The van der Waals surface area contributed by atoms with Gasteiger partial charge in [-0.3, -0.25) is 0 Å². The minimum absolute atomic E-state index is 0.322. The summed E-state index contributed by atoms with van der Waals surface area (Å²) in [5.74, 6) is 0. The lowest BCUT2D eigenvalue weighted by molar-refractivity contribution is -0.119. The van der Waals surface area contributed by atoms with E-state index in [0.29, 0.717) is 36.3 Å². The highest BCUT2D eigenvalue weighted by Gasteiger charge is 2.30. The fourth-order valence-electron chi connectivity index (χ4n) is 1.98. The van der Waals surface area contributed by atoms with E-state index in [1.807, 2.05) is 20.8 Å². The van der Waals surface area contributed by atoms with Crippen LogP contribution in [0.1, 0.15) is 32.8 Å². The van der Waals surface area contributed by atoms with Crippen LogP contribution in [0, 0.1) is 0 Å². The quantitative estimate of drug-likeness (QED) is 0.788. The Morgan fingerprint density at radius 1 is 1.29 bits per heavy atom. The summed E-state index contributed by atoms with van der Waals surface area (Å²) in [4.78, 5) is 1.31. The molecule has 1 aromatic carbocycles. The van der Waals surface area contributed by atoms with Gasteiger partial charge in [-0.1, -0.05) is 38.4 Å². The van der Waals surface area contributed by atoms with Crippen molar-refractivity contribution in [3.05, 3.63) is 28.8 Å². The van der Waals surface area contributed by atoms with Gasteiger partial charge in [0.25, 0.3) is 0 Å². The van der Waals surface area contributed by atoms with E-state index >= 15 is 0 Å². The number of anilines is 1. The number of hydrogen-bond donors (Lipinski definition) is 1. The van der Waals surface area contributed by atoms with E-state index in [1.54, 1.807) is 18.2 Å². The second kappa shape index (κ2) is 7.90. The molecule has 1 aromatic rings. The third kappa shape index (κ3) is 6.57. The Bertz CT molecular complexity index is 447. The molecule has 0 amide bonds. The SMILES string of the molecule is CCCN(CC(F)(F)F)c1ccc(CNC(C)C)c(Cl)c1. The van der Waals surface area contributed by atoms with Gasteiger partial charge in [-0.2, -0.15) is 13.2 Å². The smallest absolute Gasteiger partial charge is 0.363 e. The molecule has 0 saturated heterocycles. The highest BCUT2D eigenvalue weighted by atomic mass is 35.5. The molecule has 0 spiro atoms. The molecule has 0 aromatic heterocycles. The zero-order valence-electron chi connectivity index (χ0n) is 12.6. The van der Waals surface area contributed by atoms with E-state index in [4.69, 9.17) is 11.6 Å². The Hall–Kier alpha value is -0.940. The second-order valence-electron chi connectivity index (χ2n) is 5.35. The first-order valence-corrected chi connectivity index (χ1v) is 7.44. The highest BCUT2D eigenvalue weighted by Crippen LogP contribution is 2.27. The van der Waals surface area contributed by atoms with Gasteiger partial charge in [0.15, 0.2) is 0 Å². The van der Waals surface area contributed by atoms with Crippen molar-refractivity contribution in [2.24, 2.45) is 0 Å². The van der Waals surface area contributed by atoms with Crippen molar-refractivity contribution in [2.45, 2.75) is 46.0 Å². The number of benzene rings is 1. The molecule has 0 unspecified atom stereocenters. The van der Waals surface area contributed by atoms with Gasteiger partial charge in [-0.05, 0) is 24.1 Å². The van der Waals surface area contributed by atoms with Gasteiger partial charge in [0, 0.05) is 29.8 Å². The van der Waals surface area contributed by atoms with Crippen LogP contribution >= 0.6 is 11.6 Å². The van der Waals surface area contributed by atoms with Gasteiger partial charge >= 0.3 is 6.18 Å². The zero-order chi connectivity index (χ0) is 16.0. The molecule has 0 aliphatic rings. The number of rotatable bonds is 7. The number of hydrogen-bond acceptors (Lipinski definition) is 2. The third-order valence-corrected chi connectivity index (χ3v) is 3.32. The maximum Gasteiger partial charge on any atom is 0.405 e. The van der Waals surface area contributed by atoms with Crippen molar-refractivity contribution in [2.75, 3.05) is 18.0 Å². The van der Waals surface area contributed by atoms with Crippen LogP contribution in [0.15, 0.2) is 18.2 Å². The van der Waals surface area contributed by atoms with Crippen molar-refractivity contribution >= 4 is 17.3 Å². The molecule has 0 radical (unpaired) electrons. The van der Waals surface area contributed by atoms with E-state index in [1.165, 1.54) is 4.90 Å². The summed E-state index contributed by atoms with van der Waals surface area (Å²) >= 11 is 6.18. The lowest BCUT2D eigenvalue weighted by Crippen LogP contribution is -2.34. The summed E-state index contributed by atoms with van der Waals surface area (Å²) in [5.41, 5.74) is 1.39. The van der Waals surface area contributed by atoms with Gasteiger partial charge in [0.05, 0.1) is 0 Å². The Morgan fingerprint density at radius 2 is 1.95 bits per heavy atom. The molecule has 21 heavy (non-hydrogen) atoms. The van der Waals surface area contributed by atoms with Crippen molar-refractivity contribution in [3.8, 4) is 0 Å². The van der Waals surface area contributed by atoms with Gasteiger partial charge in [-0.15, -0.1) is 0 Å². The largest absolute Gasteiger partial charge is 0.405 e. The minimum atomic E-state index is -4.22. The molecular formula is C15H22ClF3N2. The highest BCUT2D eigenvalue weighted by molar-refractivity contribution is 6.31. The fraction of sp³-hybridized carbons (Fsp3) is 0.600. The molecule has 0 bridgehead atoms. The standard InChI is InChI=1S/C15H22ClF3N2/c1-4-7-21(10-15(17,18)19)13-6-5-12(14(16)8-13)9-20-11(2)3/h5-6,8,11,20H,4,7,9-10H2,1-3H3. The predicted octanol–water partition coefficient (Wildman–Crippen LogP) is 4.62. The predicted molar refractivity (Wildman–Crippen MR) is 82.0 cm³/mol. The van der Waals surface area contributed by atoms with E-state index in [9.17, 15) is 13.2 Å². The molecule has 1 rings (SSSR count). The van der Waals surface area contributed by atoms with E-state index < -0.39 is 12.7 Å². The molecule has 2 nitrogen and oxygen atoms in total. The maximum absolute atomic E-state index is 12.6. The molecule has 0 fully saturated rings. The van der Waals surface area contributed by atoms with Gasteiger partial charge in [0.2, 0.25) is 0 Å². The zero-order valence-corrected chi connectivity index (χ0v) is 13.4. The fourth-order valence-corrected chi connectivity index (χ4v) is 2.22. The maximum atomic E-state index is 12.6. The second-order valence-corrected chi connectivity index (χ2v) is 5.76. The number of halogens is 4. The van der Waals surface area contributed by atoms with Crippen molar-refractivity contribution < 1.29 is 13.2 Å². The van der Waals surface area contributed by atoms with Crippen LogP contribution in [0.3, 0.4) is 0 Å². The molecule has 120 valence electrons. The van der Waals surface area contributed by atoms with Crippen LogP contribution < -0.4 is 10.2 Å². The Morgan fingerprint density at radius 3 is 2.43 bits per heavy atom. The van der Waals surface area contributed by atoms with Crippen LogP contribution in [-0.4, -0.2) is 25.3 Å². The van der Waals surface area contributed by atoms with Crippen molar-refractivity contribution in [3.63, 3.8) is 0 Å². The summed E-state index contributed by atoms with van der Waals surface area (Å²) in [5, 5.41) is 3.73. The van der Waals surface area contributed by atoms with Crippen molar-refractivity contribution in [1.82, 2.24) is 5.32 Å². The first-order chi connectivity index (χ1) is 9.73. The van der Waals surface area contributed by atoms with Gasteiger partial charge in [-0.25, -0.2) is 0 Å². The summed E-state index contributed by atoms with van der Waals surface area (Å²) in [6, 6.07) is 5.42. The summed E-state index contributed by atoms with van der Waals surface area (Å²) in [6.07, 6.45) is -3.58. The first-order valence-electron chi connectivity index (χ1n) is 7.06. The average molecular weight is 323 g/mol. The number of alkyl halides is 3. The number of nitrogens with zero attached hydrogens (tertiary/aromatic N) is 1. The van der Waals surface area contributed by atoms with E-state index in [2.05, 4.69) is 5.32 Å². The van der Waals surface area contributed by atoms with Crippen LogP contribution in [0.5, 0.6) is 0 Å². The topological polar surface area (TPSA) is 15.3 Å². The summed E-state index contributed by atoms with van der Waals surface area (Å²) in [6.45, 7) is 5.89. The molecule has 0 aliphatic carbocycles. The Kier molecular flexibility index (Phi) is 6.81. The van der Waals surface area contributed by atoms with Crippen LogP contribution in [0.2, 0.25) is 5.02 Å². The molecule has 0 heterocycles. The van der Waals surface area contributed by atoms with Crippen LogP contribution in [0.4, 0.5) is 18.9 Å². The Balaban J connectivity index is 2.87. The number of nitrogens with one attached hydrogen (secondary N) is 1. The van der Waals surface area contributed by atoms with Crippen LogP contribution in [0.25, 0.3) is 0 Å². The molecule has 0 saturated carbocycles. The molecule has 0 atom stereocenters. The minimum Gasteiger partial charge on any atom is -0.363 e. The lowest BCUT2D eigenvalue weighted by atomic mass is 10.1. The van der Waals surface area contributed by atoms with E-state index in [-0.39, 0.29) is 0 Å². The van der Waals surface area contributed by atoms with Crippen molar-refractivity contribution in [1.29, 1.82) is 0 Å². The van der Waals surface area contributed by atoms with Crippen LogP contribution in [-0.2, 0) is 6.54 Å². The first kappa shape index (κ1) is 18.1. The van der Waals surface area contributed by atoms with Gasteiger partial charge < -0.3 is 10.2 Å². The molecule has 1 N–H and O–H groups in total. The summed E-state index contributed by atoms with van der Waals surface area (Å²) < 4.78 is 37.9. The normalized spacial score (nSPS) is 12.0. The summed E-state index contributed by atoms with van der Waals surface area (Å²) in [7, 11) is 0. The monoisotopic (exact) mass is 322 g/mol. The van der Waals surface area contributed by atoms with E-state index in [0.717, 1.165) is 5.56 Å². The Labute approximate surface area is 129 Å². The lowest BCUT2D eigenvalue weighted by Gasteiger charge is -2.26. The molecule has 0 aliphatic heterocycles. The average Bonchev–Trinajstić information content (AvgIpc) is 2.35. The van der Waals surface area contributed by atoms with Gasteiger partial charge in [0.1, 0.15) is 6.54 Å². The molecular weight excluding hydrogens is 301 g/mol. The molecule has 6 heteroatoms.